The molecule has 26 heavy (non-hydrogen) atoms. The van der Waals surface area contributed by atoms with Crippen molar-refractivity contribution in [2.75, 3.05) is 33.2 Å². The second-order valence-corrected chi connectivity index (χ2v) is 7.81. The van der Waals surface area contributed by atoms with Crippen LogP contribution in [0.4, 0.5) is 0 Å². The molecule has 5 heteroatoms. The van der Waals surface area contributed by atoms with Gasteiger partial charge in [0.2, 0.25) is 11.8 Å². The molecule has 1 saturated carbocycles. The van der Waals surface area contributed by atoms with Gasteiger partial charge in [-0.15, -0.1) is 0 Å². The maximum absolute atomic E-state index is 13.2. The van der Waals surface area contributed by atoms with Gasteiger partial charge in [0, 0.05) is 32.1 Å². The van der Waals surface area contributed by atoms with Crippen molar-refractivity contribution in [3.63, 3.8) is 0 Å². The molecule has 0 spiro atoms. The Kier molecular flexibility index (Phi) is 6.30. The third kappa shape index (κ3) is 4.44. The van der Waals surface area contributed by atoms with Crippen LogP contribution in [-0.4, -0.2) is 54.8 Å². The van der Waals surface area contributed by atoms with Gasteiger partial charge in [0.25, 0.3) is 0 Å². The number of piperazine rings is 1. The van der Waals surface area contributed by atoms with Crippen LogP contribution in [0.15, 0.2) is 30.3 Å². The summed E-state index contributed by atoms with van der Waals surface area (Å²) in [6, 6.07) is 9.05. The van der Waals surface area contributed by atoms with Gasteiger partial charge < -0.3 is 15.1 Å². The zero-order valence-corrected chi connectivity index (χ0v) is 16.0. The first-order valence-corrected chi connectivity index (χ1v) is 9.89. The summed E-state index contributed by atoms with van der Waals surface area (Å²) in [6.07, 6.45) is 4.67. The van der Waals surface area contributed by atoms with Crippen LogP contribution < -0.4 is 5.32 Å². The van der Waals surface area contributed by atoms with Crippen molar-refractivity contribution in [3.05, 3.63) is 35.9 Å². The average molecular weight is 357 g/mol. The van der Waals surface area contributed by atoms with E-state index in [4.69, 9.17) is 0 Å². The third-order valence-corrected chi connectivity index (χ3v) is 6.00. The fourth-order valence-electron chi connectivity index (χ4n) is 4.09. The Morgan fingerprint density at radius 1 is 1.04 bits per heavy atom. The lowest BCUT2D eigenvalue weighted by atomic mass is 9.91. The van der Waals surface area contributed by atoms with Gasteiger partial charge in [-0.25, -0.2) is 0 Å². The van der Waals surface area contributed by atoms with Crippen molar-refractivity contribution in [1.29, 1.82) is 0 Å². The molecule has 0 radical (unpaired) electrons. The number of carbonyl (C=O) groups is 2. The Morgan fingerprint density at radius 2 is 1.65 bits per heavy atom. The molecule has 1 heterocycles. The molecule has 2 amide bonds. The van der Waals surface area contributed by atoms with E-state index in [9.17, 15) is 9.59 Å². The van der Waals surface area contributed by atoms with Crippen molar-refractivity contribution in [1.82, 2.24) is 15.1 Å². The van der Waals surface area contributed by atoms with E-state index in [0.717, 1.165) is 31.5 Å². The molecular formula is C21H31N3O2. The fourth-order valence-corrected chi connectivity index (χ4v) is 4.09. The molecule has 2 aliphatic rings. The number of rotatable bonds is 5. The zero-order chi connectivity index (χ0) is 18.5. The van der Waals surface area contributed by atoms with E-state index in [1.54, 1.807) is 0 Å². The van der Waals surface area contributed by atoms with E-state index < -0.39 is 6.04 Å². The Hall–Kier alpha value is -1.88. The highest BCUT2D eigenvalue weighted by molar-refractivity contribution is 5.89. The fraction of sp³-hybridized carbons (Fsp3) is 0.619. The van der Waals surface area contributed by atoms with Crippen molar-refractivity contribution >= 4 is 11.8 Å². The van der Waals surface area contributed by atoms with E-state index in [2.05, 4.69) is 17.3 Å². The monoisotopic (exact) mass is 357 g/mol. The first-order chi connectivity index (χ1) is 12.6. The number of likely N-dealkylation sites (N-methyl/N-ethyl adjacent to an activating group) is 1. The molecular weight excluding hydrogens is 326 g/mol. The second-order valence-electron chi connectivity index (χ2n) is 7.81. The van der Waals surface area contributed by atoms with Crippen LogP contribution in [0, 0.1) is 11.8 Å². The van der Waals surface area contributed by atoms with E-state index >= 15 is 0 Å². The molecule has 1 unspecified atom stereocenters. The predicted octanol–water partition coefficient (Wildman–Crippen LogP) is 2.44. The zero-order valence-electron chi connectivity index (χ0n) is 16.0. The van der Waals surface area contributed by atoms with Crippen LogP contribution in [0.3, 0.4) is 0 Å². The molecule has 1 N–H and O–H groups in total. The standard InChI is InChI=1S/C21H31N3O2/c1-16(17-8-6-7-9-17)20(25)22-19(18-10-4-3-5-11-18)21(26)24-14-12-23(2)13-15-24/h3-5,10-11,16-17,19H,6-9,12-15H2,1-2H3,(H,22,25)/t16?,19-/m0/s1. The number of nitrogens with one attached hydrogen (secondary N) is 1. The second kappa shape index (κ2) is 8.67. The summed E-state index contributed by atoms with van der Waals surface area (Å²) >= 11 is 0. The number of hydrogen-bond donors (Lipinski definition) is 1. The number of carbonyl (C=O) groups excluding carboxylic acids is 2. The summed E-state index contributed by atoms with van der Waals surface area (Å²) in [5.41, 5.74) is 0.864. The number of amides is 2. The lowest BCUT2D eigenvalue weighted by Gasteiger charge is -2.35. The van der Waals surface area contributed by atoms with Gasteiger partial charge in [-0.1, -0.05) is 50.1 Å². The summed E-state index contributed by atoms with van der Waals surface area (Å²) in [5.74, 6) is 0.429. The number of benzene rings is 1. The summed E-state index contributed by atoms with van der Waals surface area (Å²) < 4.78 is 0. The molecule has 2 atom stereocenters. The molecule has 5 nitrogen and oxygen atoms in total. The van der Waals surface area contributed by atoms with Gasteiger partial charge in [0.15, 0.2) is 0 Å². The minimum Gasteiger partial charge on any atom is -0.340 e. The Labute approximate surface area is 156 Å². The number of nitrogens with zero attached hydrogens (tertiary/aromatic N) is 2. The van der Waals surface area contributed by atoms with Crippen LogP contribution in [0.25, 0.3) is 0 Å². The van der Waals surface area contributed by atoms with E-state index in [0.29, 0.717) is 19.0 Å². The first-order valence-electron chi connectivity index (χ1n) is 9.89. The van der Waals surface area contributed by atoms with Crippen LogP contribution in [-0.2, 0) is 9.59 Å². The van der Waals surface area contributed by atoms with Gasteiger partial charge in [-0.3, -0.25) is 9.59 Å². The highest BCUT2D eigenvalue weighted by Gasteiger charge is 2.33. The molecule has 2 fully saturated rings. The van der Waals surface area contributed by atoms with Crippen LogP contribution in [0.5, 0.6) is 0 Å². The molecule has 142 valence electrons. The molecule has 1 aromatic carbocycles. The lowest BCUT2D eigenvalue weighted by molar-refractivity contribution is -0.139. The van der Waals surface area contributed by atoms with Crippen LogP contribution in [0.1, 0.15) is 44.2 Å². The molecule has 1 aliphatic heterocycles. The first kappa shape index (κ1) is 18.9. The minimum atomic E-state index is -0.587. The molecule has 1 aromatic rings. The Morgan fingerprint density at radius 3 is 2.27 bits per heavy atom. The van der Waals surface area contributed by atoms with Gasteiger partial charge in [-0.2, -0.15) is 0 Å². The quantitative estimate of drug-likeness (QED) is 0.881. The van der Waals surface area contributed by atoms with Crippen molar-refractivity contribution in [3.8, 4) is 0 Å². The van der Waals surface area contributed by atoms with Crippen LogP contribution in [0.2, 0.25) is 0 Å². The van der Waals surface area contributed by atoms with Gasteiger partial charge in [-0.05, 0) is 31.4 Å². The van der Waals surface area contributed by atoms with E-state index in [-0.39, 0.29) is 17.7 Å². The molecule has 0 aromatic heterocycles. The summed E-state index contributed by atoms with van der Waals surface area (Å²) in [5, 5.41) is 3.07. The minimum absolute atomic E-state index is 0.00762. The summed E-state index contributed by atoms with van der Waals surface area (Å²) in [6.45, 7) is 5.19. The van der Waals surface area contributed by atoms with Crippen LogP contribution >= 0.6 is 0 Å². The summed E-state index contributed by atoms with van der Waals surface area (Å²) in [4.78, 5) is 30.2. The highest BCUT2D eigenvalue weighted by Crippen LogP contribution is 2.31. The van der Waals surface area contributed by atoms with Crippen molar-refractivity contribution in [2.24, 2.45) is 11.8 Å². The molecule has 0 bridgehead atoms. The average Bonchev–Trinajstić information content (AvgIpc) is 3.21. The third-order valence-electron chi connectivity index (χ3n) is 6.00. The van der Waals surface area contributed by atoms with Gasteiger partial charge in [0.05, 0.1) is 0 Å². The largest absolute Gasteiger partial charge is 0.340 e. The number of hydrogen-bond acceptors (Lipinski definition) is 3. The molecule has 1 saturated heterocycles. The molecule has 1 aliphatic carbocycles. The maximum atomic E-state index is 13.2. The van der Waals surface area contributed by atoms with Gasteiger partial charge in [0.1, 0.15) is 6.04 Å². The predicted molar refractivity (Wildman–Crippen MR) is 103 cm³/mol. The summed E-state index contributed by atoms with van der Waals surface area (Å²) in [7, 11) is 2.07. The lowest BCUT2D eigenvalue weighted by Crippen LogP contribution is -2.51. The van der Waals surface area contributed by atoms with E-state index in [1.807, 2.05) is 42.2 Å². The normalized spacial score (nSPS) is 21.4. The van der Waals surface area contributed by atoms with Gasteiger partial charge >= 0.3 is 0 Å². The maximum Gasteiger partial charge on any atom is 0.249 e. The van der Waals surface area contributed by atoms with E-state index in [1.165, 1.54) is 12.8 Å². The molecule has 3 rings (SSSR count). The Bertz CT molecular complexity index is 605. The smallest absolute Gasteiger partial charge is 0.249 e. The SMILES string of the molecule is CC(C(=O)N[C@H](C(=O)N1CCN(C)CC1)c1ccccc1)C1CCCC1. The Balaban J connectivity index is 1.73. The van der Waals surface area contributed by atoms with Crippen molar-refractivity contribution < 1.29 is 9.59 Å². The van der Waals surface area contributed by atoms with Crippen molar-refractivity contribution in [2.45, 2.75) is 38.6 Å². The highest BCUT2D eigenvalue weighted by atomic mass is 16.2. The topological polar surface area (TPSA) is 52.7 Å².